The minimum atomic E-state index is -0.109. The lowest BCUT2D eigenvalue weighted by Crippen LogP contribution is -2.20. The number of aryl methyl sites for hydroxylation is 1. The van der Waals surface area contributed by atoms with Crippen LogP contribution in [0.5, 0.6) is 5.75 Å². The summed E-state index contributed by atoms with van der Waals surface area (Å²) in [5.41, 5.74) is 2.80. The molecule has 0 radical (unpaired) electrons. The maximum atomic E-state index is 13.0. The van der Waals surface area contributed by atoms with Gasteiger partial charge >= 0.3 is 0 Å². The third-order valence-electron chi connectivity index (χ3n) is 4.94. The van der Waals surface area contributed by atoms with Crippen molar-refractivity contribution in [3.8, 4) is 11.8 Å². The van der Waals surface area contributed by atoms with E-state index in [4.69, 9.17) is 10.00 Å². The van der Waals surface area contributed by atoms with E-state index >= 15 is 0 Å². The van der Waals surface area contributed by atoms with Gasteiger partial charge in [0.2, 0.25) is 0 Å². The van der Waals surface area contributed by atoms with Crippen molar-refractivity contribution in [3.05, 3.63) is 82.4 Å². The molecule has 0 amide bonds. The third kappa shape index (κ3) is 3.21. The Balaban J connectivity index is 1.89. The summed E-state index contributed by atoms with van der Waals surface area (Å²) in [6.45, 7) is 0.346. The summed E-state index contributed by atoms with van der Waals surface area (Å²) in [4.78, 5) is 17.5. The van der Waals surface area contributed by atoms with Gasteiger partial charge in [-0.3, -0.25) is 9.36 Å². The zero-order chi connectivity index (χ0) is 19.5. The van der Waals surface area contributed by atoms with Crippen LogP contribution in [0.25, 0.3) is 21.7 Å². The van der Waals surface area contributed by atoms with Gasteiger partial charge in [0, 0.05) is 11.9 Å². The van der Waals surface area contributed by atoms with Crippen molar-refractivity contribution in [1.82, 2.24) is 9.55 Å². The second kappa shape index (κ2) is 7.53. The summed E-state index contributed by atoms with van der Waals surface area (Å²) < 4.78 is 6.74. The van der Waals surface area contributed by atoms with Crippen LogP contribution < -0.4 is 10.3 Å². The second-order valence-corrected chi connectivity index (χ2v) is 6.65. The van der Waals surface area contributed by atoms with Crippen LogP contribution in [0.2, 0.25) is 0 Å². The fourth-order valence-electron chi connectivity index (χ4n) is 3.51. The van der Waals surface area contributed by atoms with Gasteiger partial charge in [-0.1, -0.05) is 36.4 Å². The molecular formula is C23H19N3O2. The van der Waals surface area contributed by atoms with E-state index in [-0.39, 0.29) is 12.0 Å². The van der Waals surface area contributed by atoms with Crippen molar-refractivity contribution in [3.63, 3.8) is 0 Å². The van der Waals surface area contributed by atoms with Crippen LogP contribution in [0.15, 0.2) is 65.7 Å². The fourth-order valence-corrected chi connectivity index (χ4v) is 3.51. The maximum absolute atomic E-state index is 13.0. The molecule has 0 saturated carbocycles. The monoisotopic (exact) mass is 369 g/mol. The molecule has 5 nitrogen and oxygen atoms in total. The Morgan fingerprint density at radius 3 is 2.54 bits per heavy atom. The second-order valence-electron chi connectivity index (χ2n) is 6.65. The summed E-state index contributed by atoms with van der Waals surface area (Å²) in [6, 6.07) is 20.0. The number of nitriles is 1. The molecule has 0 unspecified atom stereocenters. The number of methoxy groups -OCH3 is 1. The molecule has 0 atom stereocenters. The van der Waals surface area contributed by atoms with E-state index in [1.165, 1.54) is 10.9 Å². The van der Waals surface area contributed by atoms with Crippen molar-refractivity contribution in [2.24, 2.45) is 0 Å². The molecule has 0 bridgehead atoms. The standard InChI is InChI=1S/C23H19N3O2/c1-28-18-9-7-16(8-10-18)13-17-14-21-22(20-6-3-2-5-19(17)20)25-15-26(23(21)27)12-4-11-24/h2-3,5-10,14-15H,4,12-13H2,1H3. The Morgan fingerprint density at radius 2 is 1.82 bits per heavy atom. The molecule has 28 heavy (non-hydrogen) atoms. The smallest absolute Gasteiger partial charge is 0.261 e. The average Bonchev–Trinajstić information content (AvgIpc) is 2.74. The maximum Gasteiger partial charge on any atom is 0.261 e. The third-order valence-corrected chi connectivity index (χ3v) is 4.94. The largest absolute Gasteiger partial charge is 0.497 e. The van der Waals surface area contributed by atoms with Gasteiger partial charge in [0.05, 0.1) is 36.8 Å². The molecule has 0 fully saturated rings. The molecule has 0 N–H and O–H groups in total. The van der Waals surface area contributed by atoms with E-state index < -0.39 is 0 Å². The first kappa shape index (κ1) is 17.7. The zero-order valence-electron chi connectivity index (χ0n) is 15.6. The first-order chi connectivity index (χ1) is 13.7. The van der Waals surface area contributed by atoms with Gasteiger partial charge in [-0.05, 0) is 41.1 Å². The van der Waals surface area contributed by atoms with Crippen molar-refractivity contribution in [1.29, 1.82) is 5.26 Å². The molecular weight excluding hydrogens is 350 g/mol. The van der Waals surface area contributed by atoms with Crippen LogP contribution in [0.3, 0.4) is 0 Å². The van der Waals surface area contributed by atoms with Crippen LogP contribution in [-0.4, -0.2) is 16.7 Å². The lowest BCUT2D eigenvalue weighted by Gasteiger charge is -2.12. The molecule has 3 aromatic carbocycles. The first-order valence-electron chi connectivity index (χ1n) is 9.11. The highest BCUT2D eigenvalue weighted by Crippen LogP contribution is 2.28. The molecule has 0 aliphatic rings. The predicted molar refractivity (Wildman–Crippen MR) is 110 cm³/mol. The number of hydrogen-bond donors (Lipinski definition) is 0. The quantitative estimate of drug-likeness (QED) is 0.498. The molecule has 0 saturated heterocycles. The number of ether oxygens (including phenoxy) is 1. The van der Waals surface area contributed by atoms with E-state index in [1.807, 2.05) is 48.5 Å². The number of aromatic nitrogens is 2. The minimum Gasteiger partial charge on any atom is -0.497 e. The van der Waals surface area contributed by atoms with E-state index in [0.717, 1.165) is 27.6 Å². The molecule has 0 aliphatic heterocycles. The van der Waals surface area contributed by atoms with Crippen LogP contribution in [0.4, 0.5) is 0 Å². The van der Waals surface area contributed by atoms with Crippen molar-refractivity contribution in [2.45, 2.75) is 19.4 Å². The van der Waals surface area contributed by atoms with E-state index in [1.54, 1.807) is 7.11 Å². The molecule has 1 aromatic heterocycles. The first-order valence-corrected chi connectivity index (χ1v) is 9.11. The summed E-state index contributed by atoms with van der Waals surface area (Å²) in [6.07, 6.45) is 2.52. The van der Waals surface area contributed by atoms with Gasteiger partial charge in [0.15, 0.2) is 0 Å². The predicted octanol–water partition coefficient (Wildman–Crippen LogP) is 4.06. The van der Waals surface area contributed by atoms with Gasteiger partial charge in [0.25, 0.3) is 5.56 Å². The van der Waals surface area contributed by atoms with E-state index in [9.17, 15) is 4.79 Å². The van der Waals surface area contributed by atoms with Crippen LogP contribution in [0, 0.1) is 11.3 Å². The average molecular weight is 369 g/mol. The number of hydrogen-bond acceptors (Lipinski definition) is 4. The molecule has 4 rings (SSSR count). The van der Waals surface area contributed by atoms with Gasteiger partial charge in [-0.15, -0.1) is 0 Å². The molecule has 5 heteroatoms. The van der Waals surface area contributed by atoms with Crippen molar-refractivity contribution in [2.75, 3.05) is 7.11 Å². The van der Waals surface area contributed by atoms with Crippen LogP contribution >= 0.6 is 0 Å². The normalized spacial score (nSPS) is 10.9. The SMILES string of the molecule is COc1ccc(Cc2cc3c(=O)n(CCC#N)cnc3c3ccccc23)cc1. The summed E-state index contributed by atoms with van der Waals surface area (Å²) in [5.74, 6) is 0.816. The van der Waals surface area contributed by atoms with Crippen molar-refractivity contribution < 1.29 is 4.74 Å². The highest BCUT2D eigenvalue weighted by molar-refractivity contribution is 6.06. The molecule has 4 aromatic rings. The summed E-state index contributed by atoms with van der Waals surface area (Å²) in [7, 11) is 1.65. The van der Waals surface area contributed by atoms with E-state index in [0.29, 0.717) is 23.9 Å². The zero-order valence-corrected chi connectivity index (χ0v) is 15.6. The molecule has 138 valence electrons. The topological polar surface area (TPSA) is 67.9 Å². The Morgan fingerprint density at radius 1 is 1.07 bits per heavy atom. The minimum absolute atomic E-state index is 0.109. The highest BCUT2D eigenvalue weighted by atomic mass is 16.5. The van der Waals surface area contributed by atoms with Crippen LogP contribution in [-0.2, 0) is 13.0 Å². The van der Waals surface area contributed by atoms with Crippen LogP contribution in [0.1, 0.15) is 17.5 Å². The molecule has 1 heterocycles. The van der Waals surface area contributed by atoms with Crippen molar-refractivity contribution >= 4 is 21.7 Å². The van der Waals surface area contributed by atoms with E-state index in [2.05, 4.69) is 17.1 Å². The number of benzene rings is 3. The van der Waals surface area contributed by atoms with Gasteiger partial charge in [-0.25, -0.2) is 4.98 Å². The van der Waals surface area contributed by atoms with Gasteiger partial charge in [0.1, 0.15) is 5.75 Å². The Bertz CT molecular complexity index is 1250. The Labute approximate surface area is 162 Å². The summed E-state index contributed by atoms with van der Waals surface area (Å²) in [5, 5.41) is 11.5. The number of fused-ring (bicyclic) bond motifs is 3. The van der Waals surface area contributed by atoms with Gasteiger partial charge < -0.3 is 4.74 Å². The lowest BCUT2D eigenvalue weighted by atomic mass is 9.96. The highest BCUT2D eigenvalue weighted by Gasteiger charge is 2.12. The molecule has 0 spiro atoms. The lowest BCUT2D eigenvalue weighted by molar-refractivity contribution is 0.414. The van der Waals surface area contributed by atoms with Gasteiger partial charge in [-0.2, -0.15) is 5.26 Å². The molecule has 0 aliphatic carbocycles. The summed E-state index contributed by atoms with van der Waals surface area (Å²) >= 11 is 0. The Kier molecular flexibility index (Phi) is 4.77. The Hall–Kier alpha value is -3.65. The number of nitrogens with zero attached hydrogens (tertiary/aromatic N) is 3. The number of rotatable bonds is 5. The fraction of sp³-hybridized carbons (Fsp3) is 0.174.